The van der Waals surface area contributed by atoms with Crippen molar-refractivity contribution in [1.82, 2.24) is 20.4 Å². The Hall–Kier alpha value is -1.18. The lowest BCUT2D eigenvalue weighted by Crippen LogP contribution is -2.48. The van der Waals surface area contributed by atoms with E-state index in [2.05, 4.69) is 15.5 Å². The van der Waals surface area contributed by atoms with Gasteiger partial charge in [-0.3, -0.25) is 14.6 Å². The number of nitrogens with zero attached hydrogens (tertiary/aromatic N) is 2. The monoisotopic (exact) mass is 324 g/mol. The minimum absolute atomic E-state index is 0.157. The number of carbonyl (C=O) groups excluding carboxylic acids is 2. The Morgan fingerprint density at radius 3 is 2.70 bits per heavy atom. The lowest BCUT2D eigenvalue weighted by atomic mass is 10.1. The molecule has 23 heavy (non-hydrogen) atoms. The number of imide groups is 1. The molecule has 3 N–H and O–H groups in total. The van der Waals surface area contributed by atoms with Gasteiger partial charge in [0.2, 0.25) is 0 Å². The smallest absolute Gasteiger partial charge is 0.325 e. The van der Waals surface area contributed by atoms with Gasteiger partial charge in [-0.05, 0) is 33.1 Å². The van der Waals surface area contributed by atoms with E-state index in [0.29, 0.717) is 25.2 Å². The normalized spacial score (nSPS) is 34.4. The van der Waals surface area contributed by atoms with Gasteiger partial charge in [0, 0.05) is 38.3 Å². The number of aliphatic hydroxyl groups excluding tert-OH is 1. The number of carbonyl (C=O) groups is 2. The summed E-state index contributed by atoms with van der Waals surface area (Å²) in [7, 11) is 0. The molecule has 0 bridgehead atoms. The first-order valence-corrected chi connectivity index (χ1v) is 8.68. The summed E-state index contributed by atoms with van der Waals surface area (Å²) in [4.78, 5) is 27.7. The molecule has 7 heteroatoms. The molecule has 2 heterocycles. The Labute approximate surface area is 137 Å². The average Bonchev–Trinajstić information content (AvgIpc) is 3.14. The number of rotatable bonds is 5. The van der Waals surface area contributed by atoms with Crippen LogP contribution in [0.25, 0.3) is 0 Å². The molecule has 0 aromatic heterocycles. The molecule has 3 atom stereocenters. The number of urea groups is 1. The van der Waals surface area contributed by atoms with E-state index in [1.807, 2.05) is 0 Å². The van der Waals surface area contributed by atoms with Crippen molar-refractivity contribution >= 4 is 11.9 Å². The third-order valence-corrected chi connectivity index (χ3v) is 5.33. The van der Waals surface area contributed by atoms with Crippen LogP contribution < -0.4 is 10.6 Å². The van der Waals surface area contributed by atoms with Gasteiger partial charge in [0.05, 0.1) is 6.10 Å². The zero-order chi connectivity index (χ0) is 16.6. The second-order valence-electron chi connectivity index (χ2n) is 7.51. The second-order valence-corrected chi connectivity index (χ2v) is 7.51. The Kier molecular flexibility index (Phi) is 4.62. The van der Waals surface area contributed by atoms with Crippen LogP contribution >= 0.6 is 0 Å². The van der Waals surface area contributed by atoms with E-state index in [9.17, 15) is 14.7 Å². The van der Waals surface area contributed by atoms with Crippen LogP contribution in [0, 0.1) is 0 Å². The highest BCUT2D eigenvalue weighted by Gasteiger charge is 2.44. The van der Waals surface area contributed by atoms with Crippen molar-refractivity contribution in [2.24, 2.45) is 0 Å². The highest BCUT2D eigenvalue weighted by Crippen LogP contribution is 2.27. The second kappa shape index (κ2) is 6.37. The summed E-state index contributed by atoms with van der Waals surface area (Å²) in [6.07, 6.45) is 4.12. The maximum absolute atomic E-state index is 12.2. The third kappa shape index (κ3) is 3.36. The number of hydrogen-bond donors (Lipinski definition) is 3. The largest absolute Gasteiger partial charge is 0.392 e. The molecule has 1 aliphatic carbocycles. The van der Waals surface area contributed by atoms with Crippen LogP contribution in [-0.2, 0) is 4.79 Å². The Bertz CT molecular complexity index is 482. The van der Waals surface area contributed by atoms with E-state index in [1.165, 1.54) is 11.3 Å². The average molecular weight is 324 g/mol. The zero-order valence-electron chi connectivity index (χ0n) is 14.0. The Morgan fingerprint density at radius 2 is 2.09 bits per heavy atom. The molecule has 0 aromatic carbocycles. The fraction of sp³-hybridized carbons (Fsp3) is 0.875. The van der Waals surface area contributed by atoms with Crippen LogP contribution in [0.2, 0.25) is 0 Å². The zero-order valence-corrected chi connectivity index (χ0v) is 14.0. The molecule has 3 aliphatic rings. The first-order chi connectivity index (χ1) is 10.9. The molecule has 0 spiro atoms. The molecule has 1 unspecified atom stereocenters. The van der Waals surface area contributed by atoms with Crippen molar-refractivity contribution < 1.29 is 14.7 Å². The van der Waals surface area contributed by atoms with Crippen molar-refractivity contribution in [3.8, 4) is 0 Å². The van der Waals surface area contributed by atoms with Gasteiger partial charge in [-0.1, -0.05) is 6.42 Å². The summed E-state index contributed by atoms with van der Waals surface area (Å²) in [5.74, 6) is -0.157. The molecular formula is C16H28N4O3. The predicted molar refractivity (Wildman–Crippen MR) is 86.0 cm³/mol. The molecule has 0 aromatic rings. The summed E-state index contributed by atoms with van der Waals surface area (Å²) in [6, 6.07) is 0.549. The van der Waals surface area contributed by atoms with Gasteiger partial charge in [-0.2, -0.15) is 0 Å². The molecule has 2 aliphatic heterocycles. The van der Waals surface area contributed by atoms with Crippen molar-refractivity contribution in [2.75, 3.05) is 26.2 Å². The lowest BCUT2D eigenvalue weighted by molar-refractivity contribution is -0.130. The van der Waals surface area contributed by atoms with E-state index >= 15 is 0 Å². The van der Waals surface area contributed by atoms with Crippen LogP contribution in [0.5, 0.6) is 0 Å². The molecule has 7 nitrogen and oxygen atoms in total. The summed E-state index contributed by atoms with van der Waals surface area (Å²) >= 11 is 0. The number of β-amino-alcohol motifs (C(OH)–C–C–N with tert-alkyl or cyclic N) is 1. The number of nitrogens with one attached hydrogen (secondary N) is 2. The summed E-state index contributed by atoms with van der Waals surface area (Å²) in [6.45, 7) is 6.21. The molecule has 3 rings (SSSR count). The standard InChI is InChI=1S/C16H28N4O3/c1-16(2)14(22)20(15(23)18-16)9-7-17-12-4-3-5-13(12)19-8-6-11(21)10-19/h11-13,17,21H,3-10H2,1-2H3,(H,18,23)/t11?,12-,13+/m1/s1. The topological polar surface area (TPSA) is 84.9 Å². The van der Waals surface area contributed by atoms with Gasteiger partial charge in [0.15, 0.2) is 0 Å². The van der Waals surface area contributed by atoms with Gasteiger partial charge in [-0.25, -0.2) is 4.79 Å². The molecular weight excluding hydrogens is 296 g/mol. The van der Waals surface area contributed by atoms with Gasteiger partial charge in [0.1, 0.15) is 5.54 Å². The van der Waals surface area contributed by atoms with Gasteiger partial charge < -0.3 is 15.7 Å². The van der Waals surface area contributed by atoms with E-state index in [1.54, 1.807) is 13.8 Å². The van der Waals surface area contributed by atoms with Crippen molar-refractivity contribution in [3.05, 3.63) is 0 Å². The van der Waals surface area contributed by atoms with Crippen LogP contribution in [0.4, 0.5) is 4.79 Å². The molecule has 3 fully saturated rings. The van der Waals surface area contributed by atoms with Crippen LogP contribution in [-0.4, -0.2) is 76.8 Å². The quantitative estimate of drug-likeness (QED) is 0.615. The molecule has 0 radical (unpaired) electrons. The summed E-state index contributed by atoms with van der Waals surface area (Å²) in [5, 5.41) is 15.9. The Balaban J connectivity index is 1.48. The van der Waals surface area contributed by atoms with Gasteiger partial charge in [-0.15, -0.1) is 0 Å². The number of aliphatic hydroxyl groups is 1. The number of hydrogen-bond acceptors (Lipinski definition) is 5. The van der Waals surface area contributed by atoms with Crippen molar-refractivity contribution in [1.29, 1.82) is 0 Å². The fourth-order valence-electron chi connectivity index (χ4n) is 4.07. The summed E-state index contributed by atoms with van der Waals surface area (Å²) in [5.41, 5.74) is -0.793. The lowest BCUT2D eigenvalue weighted by Gasteiger charge is -2.30. The highest BCUT2D eigenvalue weighted by molar-refractivity contribution is 6.06. The Morgan fingerprint density at radius 1 is 1.30 bits per heavy atom. The van der Waals surface area contributed by atoms with E-state index in [0.717, 1.165) is 32.4 Å². The highest BCUT2D eigenvalue weighted by atomic mass is 16.3. The van der Waals surface area contributed by atoms with E-state index in [-0.39, 0.29) is 18.0 Å². The minimum Gasteiger partial charge on any atom is -0.392 e. The maximum atomic E-state index is 12.2. The van der Waals surface area contributed by atoms with Crippen molar-refractivity contribution in [2.45, 2.75) is 63.3 Å². The molecule has 130 valence electrons. The van der Waals surface area contributed by atoms with Crippen molar-refractivity contribution in [3.63, 3.8) is 0 Å². The minimum atomic E-state index is -0.793. The number of likely N-dealkylation sites (tertiary alicyclic amines) is 1. The van der Waals surface area contributed by atoms with E-state index in [4.69, 9.17) is 0 Å². The summed E-state index contributed by atoms with van der Waals surface area (Å²) < 4.78 is 0. The van der Waals surface area contributed by atoms with Gasteiger partial charge in [0.25, 0.3) is 5.91 Å². The van der Waals surface area contributed by atoms with Gasteiger partial charge >= 0.3 is 6.03 Å². The van der Waals surface area contributed by atoms with Crippen LogP contribution in [0.15, 0.2) is 0 Å². The first-order valence-electron chi connectivity index (χ1n) is 8.68. The SMILES string of the molecule is CC1(C)NC(=O)N(CCN[C@@H]2CCC[C@@H]2N2CCC(O)C2)C1=O. The third-order valence-electron chi connectivity index (χ3n) is 5.33. The molecule has 1 saturated carbocycles. The first kappa shape index (κ1) is 16.7. The van der Waals surface area contributed by atoms with Crippen LogP contribution in [0.3, 0.4) is 0 Å². The maximum Gasteiger partial charge on any atom is 0.325 e. The molecule has 3 amide bonds. The predicted octanol–water partition coefficient (Wildman–Crippen LogP) is -0.106. The van der Waals surface area contributed by atoms with E-state index < -0.39 is 5.54 Å². The fourth-order valence-corrected chi connectivity index (χ4v) is 4.07. The number of amides is 3. The van der Waals surface area contributed by atoms with Crippen LogP contribution in [0.1, 0.15) is 39.5 Å². The molecule has 2 saturated heterocycles.